The minimum absolute atomic E-state index is 0.423. The van der Waals surface area contributed by atoms with Crippen molar-refractivity contribution in [2.75, 3.05) is 0 Å². The molecule has 1 aliphatic carbocycles. The van der Waals surface area contributed by atoms with Gasteiger partial charge in [0.1, 0.15) is 0 Å². The summed E-state index contributed by atoms with van der Waals surface area (Å²) >= 11 is 0. The van der Waals surface area contributed by atoms with Gasteiger partial charge in [-0.25, -0.2) is 0 Å². The molecule has 0 spiro atoms. The van der Waals surface area contributed by atoms with E-state index in [4.69, 9.17) is 0 Å². The molecule has 0 heteroatoms. The molecule has 1 rings (SSSR count). The summed E-state index contributed by atoms with van der Waals surface area (Å²) in [5.41, 5.74) is 6.88. The van der Waals surface area contributed by atoms with E-state index in [1.807, 2.05) is 12.2 Å². The van der Waals surface area contributed by atoms with Gasteiger partial charge in [0.05, 0.1) is 0 Å². The highest BCUT2D eigenvalue weighted by Gasteiger charge is 2.39. The van der Waals surface area contributed by atoms with Crippen LogP contribution in [0, 0.1) is 17.3 Å². The van der Waals surface area contributed by atoms with Crippen LogP contribution in [-0.4, -0.2) is 0 Å². The lowest BCUT2D eigenvalue weighted by molar-refractivity contribution is 0.106. The van der Waals surface area contributed by atoms with Gasteiger partial charge >= 0.3 is 0 Å². The molecule has 1 aliphatic rings. The minimum atomic E-state index is 0.423. The van der Waals surface area contributed by atoms with Crippen LogP contribution in [-0.2, 0) is 0 Å². The first-order chi connectivity index (χ1) is 11.1. The van der Waals surface area contributed by atoms with E-state index in [0.717, 1.165) is 11.1 Å². The van der Waals surface area contributed by atoms with Crippen LogP contribution in [0.2, 0.25) is 0 Å². The summed E-state index contributed by atoms with van der Waals surface area (Å²) in [7, 11) is 0. The molecule has 0 amide bonds. The fourth-order valence-electron chi connectivity index (χ4n) is 3.15. The van der Waals surface area contributed by atoms with Crippen LogP contribution in [0.1, 0.15) is 61.3 Å². The fraction of sp³-hybridized carbons (Fsp3) is 0.500. The van der Waals surface area contributed by atoms with Gasteiger partial charge in [0.25, 0.3) is 0 Å². The van der Waals surface area contributed by atoms with Crippen molar-refractivity contribution in [3.05, 3.63) is 71.4 Å². The molecule has 0 radical (unpaired) electrons. The quantitative estimate of drug-likeness (QED) is 0.423. The van der Waals surface area contributed by atoms with Crippen molar-refractivity contribution in [3.8, 4) is 0 Å². The number of rotatable bonds is 7. The van der Waals surface area contributed by atoms with Gasteiger partial charge in [-0.05, 0) is 67.6 Å². The molecular formula is C24H36. The maximum Gasteiger partial charge on any atom is -0.0111 e. The second kappa shape index (κ2) is 8.51. The lowest BCUT2D eigenvalue weighted by Gasteiger charge is -2.46. The lowest BCUT2D eigenvalue weighted by Crippen LogP contribution is -2.35. The summed E-state index contributed by atoms with van der Waals surface area (Å²) in [6.07, 6.45) is 13.2. The minimum Gasteiger partial charge on any atom is -0.0990 e. The van der Waals surface area contributed by atoms with E-state index in [1.165, 1.54) is 29.6 Å². The first kappa shape index (κ1) is 20.5. The highest BCUT2D eigenvalue weighted by Crippen LogP contribution is 2.50. The van der Waals surface area contributed by atoms with E-state index in [9.17, 15) is 0 Å². The number of hydrogen-bond acceptors (Lipinski definition) is 0. The van der Waals surface area contributed by atoms with E-state index < -0.39 is 0 Å². The Morgan fingerprint density at radius 3 is 2.12 bits per heavy atom. The van der Waals surface area contributed by atoms with Crippen molar-refractivity contribution < 1.29 is 0 Å². The van der Waals surface area contributed by atoms with Crippen LogP contribution >= 0.6 is 0 Å². The Morgan fingerprint density at radius 2 is 1.75 bits per heavy atom. The zero-order valence-corrected chi connectivity index (χ0v) is 16.9. The van der Waals surface area contributed by atoms with Gasteiger partial charge in [0.15, 0.2) is 0 Å². The topological polar surface area (TPSA) is 0 Å². The highest BCUT2D eigenvalue weighted by molar-refractivity contribution is 5.49. The zero-order valence-electron chi connectivity index (χ0n) is 16.9. The Labute approximate surface area is 150 Å². The zero-order chi connectivity index (χ0) is 18.5. The van der Waals surface area contributed by atoms with Crippen LogP contribution in [0.25, 0.3) is 0 Å². The van der Waals surface area contributed by atoms with Gasteiger partial charge in [-0.3, -0.25) is 0 Å². The second-order valence-electron chi connectivity index (χ2n) is 8.29. The smallest absolute Gasteiger partial charge is 0.0111 e. The average Bonchev–Trinajstić information content (AvgIpc) is 2.48. The largest absolute Gasteiger partial charge is 0.0990 e. The lowest BCUT2D eigenvalue weighted by atomic mass is 9.59. The Kier molecular flexibility index (Phi) is 7.27. The third-order valence-corrected chi connectivity index (χ3v) is 5.40. The summed E-state index contributed by atoms with van der Waals surface area (Å²) in [5.74, 6) is 1.21. The molecule has 0 N–H and O–H groups in total. The van der Waals surface area contributed by atoms with E-state index in [2.05, 4.69) is 79.9 Å². The molecular weight excluding hydrogens is 288 g/mol. The Hall–Kier alpha value is -1.56. The third-order valence-electron chi connectivity index (χ3n) is 5.40. The summed E-state index contributed by atoms with van der Waals surface area (Å²) < 4.78 is 0. The van der Waals surface area contributed by atoms with E-state index in [0.29, 0.717) is 17.3 Å². The molecule has 24 heavy (non-hydrogen) atoms. The summed E-state index contributed by atoms with van der Waals surface area (Å²) in [6, 6.07) is 0. The van der Waals surface area contributed by atoms with Gasteiger partial charge in [-0.15, -0.1) is 0 Å². The Balaban J connectivity index is 3.03. The molecule has 0 aromatic carbocycles. The summed E-state index contributed by atoms with van der Waals surface area (Å²) in [5, 5.41) is 0. The van der Waals surface area contributed by atoms with Crippen LogP contribution in [0.15, 0.2) is 71.4 Å². The summed E-state index contributed by atoms with van der Waals surface area (Å²) in [6.45, 7) is 24.0. The van der Waals surface area contributed by atoms with Crippen LogP contribution in [0.4, 0.5) is 0 Å². The van der Waals surface area contributed by atoms with Crippen molar-refractivity contribution in [1.82, 2.24) is 0 Å². The van der Waals surface area contributed by atoms with Gasteiger partial charge in [-0.2, -0.15) is 0 Å². The number of hydrogen-bond donors (Lipinski definition) is 0. The standard InChI is InChI=1S/C24H36/c1-10-11-21(16-20(7)17(2)3)19(6)12-13-22(18(4)5)23-14-15-24(23,8)9/h10-13,16-17,23H,1,6,14-15H2,2-5,7-9H3/b13-12-,20-16+,21-11+. The number of allylic oxidation sites excluding steroid dienone is 10. The third kappa shape index (κ3) is 5.23. The van der Waals surface area contributed by atoms with Crippen molar-refractivity contribution in [2.24, 2.45) is 17.3 Å². The molecule has 0 aliphatic heterocycles. The van der Waals surface area contributed by atoms with Crippen LogP contribution < -0.4 is 0 Å². The van der Waals surface area contributed by atoms with Crippen molar-refractivity contribution >= 4 is 0 Å². The van der Waals surface area contributed by atoms with Crippen molar-refractivity contribution in [3.63, 3.8) is 0 Å². The second-order valence-corrected chi connectivity index (χ2v) is 8.29. The predicted octanol–water partition coefficient (Wildman–Crippen LogP) is 7.59. The molecule has 1 saturated carbocycles. The highest BCUT2D eigenvalue weighted by atomic mass is 14.4. The molecule has 0 aromatic rings. The van der Waals surface area contributed by atoms with Gasteiger partial charge in [-0.1, -0.05) is 82.4 Å². The molecule has 1 unspecified atom stereocenters. The maximum absolute atomic E-state index is 4.29. The van der Waals surface area contributed by atoms with Crippen molar-refractivity contribution in [1.29, 1.82) is 0 Å². The van der Waals surface area contributed by atoms with Crippen LogP contribution in [0.3, 0.4) is 0 Å². The van der Waals surface area contributed by atoms with Gasteiger partial charge in [0.2, 0.25) is 0 Å². The molecule has 1 fully saturated rings. The predicted molar refractivity (Wildman–Crippen MR) is 110 cm³/mol. The molecule has 0 heterocycles. The molecule has 0 aromatic heterocycles. The Morgan fingerprint density at radius 1 is 1.12 bits per heavy atom. The van der Waals surface area contributed by atoms with E-state index >= 15 is 0 Å². The van der Waals surface area contributed by atoms with E-state index in [-0.39, 0.29) is 0 Å². The first-order valence-corrected chi connectivity index (χ1v) is 9.15. The normalized spacial score (nSPS) is 20.9. The monoisotopic (exact) mass is 324 g/mol. The molecule has 0 nitrogen and oxygen atoms in total. The fourth-order valence-corrected chi connectivity index (χ4v) is 3.15. The first-order valence-electron chi connectivity index (χ1n) is 9.15. The van der Waals surface area contributed by atoms with Crippen molar-refractivity contribution in [2.45, 2.75) is 61.3 Å². The molecule has 132 valence electrons. The molecule has 0 saturated heterocycles. The SMILES string of the molecule is C=C/C=C(\C=C(/C)C(C)C)C(=C)/C=C\C(=C(C)C)C1CCC1(C)C. The van der Waals surface area contributed by atoms with Gasteiger partial charge < -0.3 is 0 Å². The van der Waals surface area contributed by atoms with E-state index in [1.54, 1.807) is 0 Å². The Bertz CT molecular complexity index is 596. The van der Waals surface area contributed by atoms with Crippen LogP contribution in [0.5, 0.6) is 0 Å². The average molecular weight is 325 g/mol. The molecule has 1 atom stereocenters. The maximum atomic E-state index is 4.29. The molecule has 0 bridgehead atoms. The summed E-state index contributed by atoms with van der Waals surface area (Å²) in [4.78, 5) is 0. The van der Waals surface area contributed by atoms with Gasteiger partial charge in [0, 0.05) is 0 Å².